The van der Waals surface area contributed by atoms with Crippen molar-refractivity contribution in [3.05, 3.63) is 34.9 Å². The van der Waals surface area contributed by atoms with Gasteiger partial charge < -0.3 is 5.32 Å². The summed E-state index contributed by atoms with van der Waals surface area (Å²) in [5.41, 5.74) is 4.21. The molecule has 0 bridgehead atoms. The van der Waals surface area contributed by atoms with E-state index >= 15 is 0 Å². The molecule has 0 saturated carbocycles. The predicted molar refractivity (Wildman–Crippen MR) is 76.5 cm³/mol. The van der Waals surface area contributed by atoms with E-state index in [9.17, 15) is 0 Å². The molecular formula is C16H27N. The fourth-order valence-electron chi connectivity index (χ4n) is 2.32. The van der Waals surface area contributed by atoms with Gasteiger partial charge in [-0.25, -0.2) is 0 Å². The molecule has 96 valence electrons. The Balaban J connectivity index is 2.78. The summed E-state index contributed by atoms with van der Waals surface area (Å²) in [6, 6.07) is 7.44. The molecule has 1 N–H and O–H groups in total. The molecule has 1 heteroatoms. The van der Waals surface area contributed by atoms with E-state index < -0.39 is 0 Å². The third-order valence-corrected chi connectivity index (χ3v) is 3.13. The first-order valence-corrected chi connectivity index (χ1v) is 6.99. The summed E-state index contributed by atoms with van der Waals surface area (Å²) in [7, 11) is 0. The van der Waals surface area contributed by atoms with E-state index in [0.717, 1.165) is 6.54 Å². The second-order valence-electron chi connectivity index (χ2n) is 5.07. The zero-order chi connectivity index (χ0) is 12.7. The molecular weight excluding hydrogens is 206 g/mol. The average molecular weight is 233 g/mol. The van der Waals surface area contributed by atoms with Gasteiger partial charge in [0.1, 0.15) is 0 Å². The lowest BCUT2D eigenvalue weighted by Gasteiger charge is -2.20. The first kappa shape index (κ1) is 14.2. The van der Waals surface area contributed by atoms with Gasteiger partial charge in [-0.1, -0.05) is 56.0 Å². The van der Waals surface area contributed by atoms with Crippen LogP contribution in [-0.2, 0) is 0 Å². The first-order valence-electron chi connectivity index (χ1n) is 6.99. The lowest BCUT2D eigenvalue weighted by molar-refractivity contribution is 0.481. The SMILES string of the molecule is CCCCC(NCCC)c1cc(C)cc(C)c1. The molecule has 0 saturated heterocycles. The summed E-state index contributed by atoms with van der Waals surface area (Å²) in [4.78, 5) is 0. The summed E-state index contributed by atoms with van der Waals surface area (Å²) >= 11 is 0. The van der Waals surface area contributed by atoms with E-state index in [1.807, 2.05) is 0 Å². The molecule has 0 aliphatic carbocycles. The number of unbranched alkanes of at least 4 members (excludes halogenated alkanes) is 1. The van der Waals surface area contributed by atoms with E-state index in [2.05, 4.69) is 51.2 Å². The molecule has 1 aromatic rings. The minimum absolute atomic E-state index is 0.536. The van der Waals surface area contributed by atoms with Crippen LogP contribution in [0, 0.1) is 13.8 Å². The van der Waals surface area contributed by atoms with Crippen molar-refractivity contribution in [2.75, 3.05) is 6.54 Å². The van der Waals surface area contributed by atoms with Crippen molar-refractivity contribution < 1.29 is 0 Å². The molecule has 17 heavy (non-hydrogen) atoms. The van der Waals surface area contributed by atoms with Crippen molar-refractivity contribution in [1.82, 2.24) is 5.32 Å². The standard InChI is InChI=1S/C16H27N/c1-5-7-8-16(17-9-6-2)15-11-13(3)10-14(4)12-15/h10-12,16-17H,5-9H2,1-4H3. The highest BCUT2D eigenvalue weighted by Crippen LogP contribution is 2.22. The number of hydrogen-bond acceptors (Lipinski definition) is 1. The Kier molecular flexibility index (Phi) is 6.28. The smallest absolute Gasteiger partial charge is 0.0320 e. The Hall–Kier alpha value is -0.820. The molecule has 0 heterocycles. The molecule has 0 aliphatic heterocycles. The van der Waals surface area contributed by atoms with Crippen LogP contribution in [0.5, 0.6) is 0 Å². The molecule has 0 aliphatic rings. The maximum atomic E-state index is 3.67. The van der Waals surface area contributed by atoms with E-state index in [0.29, 0.717) is 6.04 Å². The molecule has 0 spiro atoms. The molecule has 0 aromatic heterocycles. The Morgan fingerprint density at radius 3 is 2.18 bits per heavy atom. The maximum Gasteiger partial charge on any atom is 0.0320 e. The Morgan fingerprint density at radius 2 is 1.65 bits per heavy atom. The molecule has 1 aromatic carbocycles. The molecule has 0 radical (unpaired) electrons. The fraction of sp³-hybridized carbons (Fsp3) is 0.625. The van der Waals surface area contributed by atoms with Crippen LogP contribution in [0.1, 0.15) is 62.3 Å². The minimum atomic E-state index is 0.536. The molecule has 1 atom stereocenters. The molecule has 0 amide bonds. The van der Waals surface area contributed by atoms with Crippen molar-refractivity contribution in [2.45, 2.75) is 59.4 Å². The van der Waals surface area contributed by atoms with Crippen LogP contribution in [0.4, 0.5) is 0 Å². The number of rotatable bonds is 7. The number of aryl methyl sites for hydroxylation is 2. The van der Waals surface area contributed by atoms with Gasteiger partial charge in [-0.2, -0.15) is 0 Å². The van der Waals surface area contributed by atoms with Crippen LogP contribution in [0.15, 0.2) is 18.2 Å². The lowest BCUT2D eigenvalue weighted by Crippen LogP contribution is -2.22. The van der Waals surface area contributed by atoms with Gasteiger partial charge in [0.15, 0.2) is 0 Å². The van der Waals surface area contributed by atoms with Crippen molar-refractivity contribution in [1.29, 1.82) is 0 Å². The van der Waals surface area contributed by atoms with E-state index in [1.54, 1.807) is 0 Å². The molecule has 1 nitrogen and oxygen atoms in total. The largest absolute Gasteiger partial charge is 0.310 e. The Morgan fingerprint density at radius 1 is 1.00 bits per heavy atom. The third kappa shape index (κ3) is 4.91. The topological polar surface area (TPSA) is 12.0 Å². The Bertz CT molecular complexity index is 302. The monoisotopic (exact) mass is 233 g/mol. The summed E-state index contributed by atoms with van der Waals surface area (Å²) in [6.07, 6.45) is 5.02. The lowest BCUT2D eigenvalue weighted by atomic mass is 9.97. The van der Waals surface area contributed by atoms with E-state index in [1.165, 1.54) is 42.4 Å². The fourth-order valence-corrected chi connectivity index (χ4v) is 2.32. The van der Waals surface area contributed by atoms with Crippen LogP contribution >= 0.6 is 0 Å². The first-order chi connectivity index (χ1) is 8.17. The average Bonchev–Trinajstić information content (AvgIpc) is 2.28. The zero-order valence-electron chi connectivity index (χ0n) is 11.8. The number of hydrogen-bond donors (Lipinski definition) is 1. The zero-order valence-corrected chi connectivity index (χ0v) is 11.8. The van der Waals surface area contributed by atoms with Crippen LogP contribution in [0.2, 0.25) is 0 Å². The van der Waals surface area contributed by atoms with Gasteiger partial charge in [0.2, 0.25) is 0 Å². The number of benzene rings is 1. The van der Waals surface area contributed by atoms with Gasteiger partial charge in [0.25, 0.3) is 0 Å². The van der Waals surface area contributed by atoms with Crippen LogP contribution in [0.25, 0.3) is 0 Å². The van der Waals surface area contributed by atoms with E-state index in [-0.39, 0.29) is 0 Å². The predicted octanol–water partition coefficient (Wildman–Crippen LogP) is 4.53. The summed E-state index contributed by atoms with van der Waals surface area (Å²) in [5, 5.41) is 3.67. The van der Waals surface area contributed by atoms with Gasteiger partial charge in [0, 0.05) is 6.04 Å². The minimum Gasteiger partial charge on any atom is -0.310 e. The molecule has 1 rings (SSSR count). The van der Waals surface area contributed by atoms with Gasteiger partial charge in [-0.05, 0) is 38.8 Å². The van der Waals surface area contributed by atoms with Gasteiger partial charge in [0.05, 0.1) is 0 Å². The van der Waals surface area contributed by atoms with Crippen molar-refractivity contribution in [2.24, 2.45) is 0 Å². The highest BCUT2D eigenvalue weighted by atomic mass is 14.9. The second kappa shape index (κ2) is 7.50. The highest BCUT2D eigenvalue weighted by Gasteiger charge is 2.10. The van der Waals surface area contributed by atoms with Crippen LogP contribution < -0.4 is 5.32 Å². The summed E-state index contributed by atoms with van der Waals surface area (Å²) in [5.74, 6) is 0. The molecule has 0 fully saturated rings. The van der Waals surface area contributed by atoms with Crippen LogP contribution in [-0.4, -0.2) is 6.54 Å². The Labute approximate surface area is 107 Å². The van der Waals surface area contributed by atoms with Gasteiger partial charge >= 0.3 is 0 Å². The quantitative estimate of drug-likeness (QED) is 0.729. The summed E-state index contributed by atoms with van der Waals surface area (Å²) in [6.45, 7) is 9.98. The van der Waals surface area contributed by atoms with Gasteiger partial charge in [-0.15, -0.1) is 0 Å². The van der Waals surface area contributed by atoms with Crippen molar-refractivity contribution in [3.63, 3.8) is 0 Å². The van der Waals surface area contributed by atoms with E-state index in [4.69, 9.17) is 0 Å². The molecule has 1 unspecified atom stereocenters. The maximum absolute atomic E-state index is 3.67. The summed E-state index contributed by atoms with van der Waals surface area (Å²) < 4.78 is 0. The van der Waals surface area contributed by atoms with Crippen molar-refractivity contribution in [3.8, 4) is 0 Å². The van der Waals surface area contributed by atoms with Gasteiger partial charge in [-0.3, -0.25) is 0 Å². The highest BCUT2D eigenvalue weighted by molar-refractivity contribution is 5.30. The third-order valence-electron chi connectivity index (χ3n) is 3.13. The van der Waals surface area contributed by atoms with Crippen molar-refractivity contribution >= 4 is 0 Å². The normalized spacial score (nSPS) is 12.7. The second-order valence-corrected chi connectivity index (χ2v) is 5.07. The number of nitrogens with one attached hydrogen (secondary N) is 1. The van der Waals surface area contributed by atoms with Crippen LogP contribution in [0.3, 0.4) is 0 Å².